The number of benzene rings is 2. The van der Waals surface area contributed by atoms with Crippen molar-refractivity contribution in [3.63, 3.8) is 0 Å². The summed E-state index contributed by atoms with van der Waals surface area (Å²) in [7, 11) is -3.10. The highest BCUT2D eigenvalue weighted by Crippen LogP contribution is 2.36. The van der Waals surface area contributed by atoms with Gasteiger partial charge in [-0.2, -0.15) is 4.72 Å². The van der Waals surface area contributed by atoms with Crippen LogP contribution in [-0.2, 0) is 10.0 Å². The van der Waals surface area contributed by atoms with E-state index in [2.05, 4.69) is 14.9 Å². The number of nitrogens with one attached hydrogen (secondary N) is 2. The number of nitrogens with zero attached hydrogens (tertiary/aromatic N) is 1. The molecule has 1 amide bonds. The number of aryl methyl sites for hydroxylation is 1. The van der Waals surface area contributed by atoms with E-state index in [-0.39, 0.29) is 27.7 Å². The fourth-order valence-electron chi connectivity index (χ4n) is 3.54. The first-order chi connectivity index (χ1) is 15.5. The summed E-state index contributed by atoms with van der Waals surface area (Å²) in [6, 6.07) is 5.21. The summed E-state index contributed by atoms with van der Waals surface area (Å²) in [4.78, 5) is 22.7. The van der Waals surface area contributed by atoms with Crippen LogP contribution in [0.15, 0.2) is 44.4 Å². The maximum absolute atomic E-state index is 14.8. The summed E-state index contributed by atoms with van der Waals surface area (Å²) in [5, 5.41) is 5.84. The second-order valence-electron chi connectivity index (χ2n) is 7.47. The molecule has 0 aliphatic heterocycles. The number of carbonyl (C=O) groups is 1. The molecule has 33 heavy (non-hydrogen) atoms. The van der Waals surface area contributed by atoms with Gasteiger partial charge in [0.2, 0.25) is 21.8 Å². The van der Waals surface area contributed by atoms with Crippen LogP contribution in [-0.4, -0.2) is 31.6 Å². The lowest BCUT2D eigenvalue weighted by molar-refractivity contribution is 0.0999. The highest BCUT2D eigenvalue weighted by molar-refractivity contribution is 7.89. The van der Waals surface area contributed by atoms with Gasteiger partial charge in [-0.15, -0.1) is 5.10 Å². The topological polar surface area (TPSA) is 157 Å². The molecule has 1 heterocycles. The Morgan fingerprint density at radius 3 is 2.55 bits per heavy atom. The molecular formula is C21H23FN4O6S. The zero-order chi connectivity index (χ0) is 24.5. The SMILES string of the molecule is COc1cc(C(N)=O)ccc1S(=O)(=O)NC(c1n[nH]c(=O)o1)C(C)c1c(F)ccc(C)c1C. The first-order valence-electron chi connectivity index (χ1n) is 9.77. The van der Waals surface area contributed by atoms with E-state index in [4.69, 9.17) is 14.9 Å². The van der Waals surface area contributed by atoms with Crippen LogP contribution in [0, 0.1) is 19.7 Å². The number of ether oxygens (including phenoxy) is 1. The Kier molecular flexibility index (Phi) is 6.70. The van der Waals surface area contributed by atoms with E-state index in [0.717, 1.165) is 11.6 Å². The van der Waals surface area contributed by atoms with Crippen molar-refractivity contribution >= 4 is 15.9 Å². The molecular weight excluding hydrogens is 455 g/mol. The Labute approximate surface area is 189 Å². The van der Waals surface area contributed by atoms with Gasteiger partial charge >= 0.3 is 5.76 Å². The van der Waals surface area contributed by atoms with Gasteiger partial charge in [0.05, 0.1) is 7.11 Å². The zero-order valence-electron chi connectivity index (χ0n) is 18.3. The van der Waals surface area contributed by atoms with Crippen molar-refractivity contribution in [1.29, 1.82) is 0 Å². The molecule has 12 heteroatoms. The van der Waals surface area contributed by atoms with Crippen LogP contribution in [0.5, 0.6) is 5.75 Å². The molecule has 2 aromatic carbocycles. The van der Waals surface area contributed by atoms with Crippen molar-refractivity contribution in [2.45, 2.75) is 37.6 Å². The highest BCUT2D eigenvalue weighted by Gasteiger charge is 2.34. The maximum atomic E-state index is 14.8. The van der Waals surface area contributed by atoms with E-state index in [0.29, 0.717) is 5.56 Å². The molecule has 4 N–H and O–H groups in total. The normalized spacial score (nSPS) is 13.5. The van der Waals surface area contributed by atoms with Crippen LogP contribution >= 0.6 is 0 Å². The molecule has 3 aromatic rings. The number of sulfonamides is 1. The average molecular weight is 479 g/mol. The molecule has 1 aromatic heterocycles. The van der Waals surface area contributed by atoms with Crippen molar-refractivity contribution in [3.05, 3.63) is 74.8 Å². The minimum atomic E-state index is -4.34. The molecule has 0 saturated heterocycles. The van der Waals surface area contributed by atoms with Crippen LogP contribution in [0.2, 0.25) is 0 Å². The Bertz CT molecular complexity index is 1370. The predicted molar refractivity (Wildman–Crippen MR) is 116 cm³/mol. The van der Waals surface area contributed by atoms with Gasteiger partial charge in [0.25, 0.3) is 0 Å². The summed E-state index contributed by atoms with van der Waals surface area (Å²) in [5.41, 5.74) is 6.96. The lowest BCUT2D eigenvalue weighted by Gasteiger charge is -2.25. The van der Waals surface area contributed by atoms with Crippen LogP contribution in [0.3, 0.4) is 0 Å². The quantitative estimate of drug-likeness (QED) is 0.447. The summed E-state index contributed by atoms with van der Waals surface area (Å²) in [5.74, 6) is -3.44. The number of rotatable bonds is 8. The van der Waals surface area contributed by atoms with E-state index in [1.54, 1.807) is 26.8 Å². The van der Waals surface area contributed by atoms with Crippen molar-refractivity contribution in [3.8, 4) is 5.75 Å². The van der Waals surface area contributed by atoms with Crippen molar-refractivity contribution < 1.29 is 26.8 Å². The van der Waals surface area contributed by atoms with Crippen molar-refractivity contribution in [2.75, 3.05) is 7.11 Å². The van der Waals surface area contributed by atoms with Gasteiger partial charge in [0.1, 0.15) is 22.5 Å². The van der Waals surface area contributed by atoms with Gasteiger partial charge in [-0.1, -0.05) is 13.0 Å². The molecule has 0 fully saturated rings. The monoisotopic (exact) mass is 478 g/mol. The Morgan fingerprint density at radius 2 is 1.97 bits per heavy atom. The van der Waals surface area contributed by atoms with E-state index in [1.807, 2.05) is 0 Å². The number of hydrogen-bond acceptors (Lipinski definition) is 7. The van der Waals surface area contributed by atoms with Crippen molar-refractivity contribution in [1.82, 2.24) is 14.9 Å². The largest absolute Gasteiger partial charge is 0.495 e. The molecule has 0 saturated carbocycles. The first-order valence-corrected chi connectivity index (χ1v) is 11.3. The Hall–Kier alpha value is -3.51. The smallest absolute Gasteiger partial charge is 0.434 e. The summed E-state index contributed by atoms with van der Waals surface area (Å²) >= 11 is 0. The van der Waals surface area contributed by atoms with Gasteiger partial charge in [-0.3, -0.25) is 4.79 Å². The summed E-state index contributed by atoms with van der Waals surface area (Å²) < 4.78 is 54.0. The lowest BCUT2D eigenvalue weighted by Crippen LogP contribution is -2.33. The van der Waals surface area contributed by atoms with Gasteiger partial charge in [-0.25, -0.2) is 22.7 Å². The van der Waals surface area contributed by atoms with Gasteiger partial charge < -0.3 is 14.9 Å². The average Bonchev–Trinajstić information content (AvgIpc) is 3.20. The number of carbonyl (C=O) groups excluding carboxylic acids is 1. The van der Waals surface area contributed by atoms with E-state index < -0.39 is 39.5 Å². The van der Waals surface area contributed by atoms with Crippen LogP contribution in [0.4, 0.5) is 4.39 Å². The Morgan fingerprint density at radius 1 is 1.27 bits per heavy atom. The fourth-order valence-corrected chi connectivity index (χ4v) is 4.96. The zero-order valence-corrected chi connectivity index (χ0v) is 19.1. The van der Waals surface area contributed by atoms with Gasteiger partial charge in [0.15, 0.2) is 0 Å². The summed E-state index contributed by atoms with van der Waals surface area (Å²) in [6.07, 6.45) is 0. The molecule has 0 aliphatic carbocycles. The van der Waals surface area contributed by atoms with Crippen LogP contribution < -0.4 is 20.9 Å². The van der Waals surface area contributed by atoms with Crippen LogP contribution in [0.1, 0.15) is 51.8 Å². The standard InChI is InChI=1S/C21H23FN4O6S/c1-10-5-7-14(22)17(11(10)2)12(3)18(20-24-25-21(28)32-20)26-33(29,30)16-8-6-13(19(23)27)9-15(16)31-4/h5-9,12,18,26H,1-4H3,(H2,23,27)(H,25,28). The third-order valence-corrected chi connectivity index (χ3v) is 6.91. The molecule has 0 radical (unpaired) electrons. The van der Waals surface area contributed by atoms with Gasteiger partial charge in [-0.05, 0) is 54.8 Å². The molecule has 3 rings (SSSR count). The molecule has 0 spiro atoms. The number of H-pyrrole nitrogens is 1. The molecule has 10 nitrogen and oxygen atoms in total. The third-order valence-electron chi connectivity index (χ3n) is 5.43. The minimum absolute atomic E-state index is 0.0477. The number of primary amides is 1. The number of amides is 1. The lowest BCUT2D eigenvalue weighted by atomic mass is 9.88. The number of nitrogens with two attached hydrogens (primary N) is 1. The summed E-state index contributed by atoms with van der Waals surface area (Å²) in [6.45, 7) is 5.09. The minimum Gasteiger partial charge on any atom is -0.495 e. The number of halogens is 1. The Balaban J connectivity index is 2.12. The van der Waals surface area contributed by atoms with E-state index in [1.165, 1.54) is 25.3 Å². The number of methoxy groups -OCH3 is 1. The van der Waals surface area contributed by atoms with Gasteiger partial charge in [0, 0.05) is 11.5 Å². The molecule has 2 atom stereocenters. The second-order valence-corrected chi connectivity index (χ2v) is 9.15. The number of hydrogen-bond donors (Lipinski definition) is 3. The fraction of sp³-hybridized carbons (Fsp3) is 0.286. The van der Waals surface area contributed by atoms with Crippen molar-refractivity contribution in [2.24, 2.45) is 5.73 Å². The highest BCUT2D eigenvalue weighted by atomic mass is 32.2. The second kappa shape index (κ2) is 9.16. The third kappa shape index (κ3) is 4.81. The molecule has 0 aliphatic rings. The van der Waals surface area contributed by atoms with Crippen LogP contribution in [0.25, 0.3) is 0 Å². The number of aromatic amines is 1. The molecule has 176 valence electrons. The predicted octanol–water partition coefficient (Wildman–Crippen LogP) is 2.05. The molecule has 2 unspecified atom stereocenters. The maximum Gasteiger partial charge on any atom is 0.434 e. The molecule has 0 bridgehead atoms. The first kappa shape index (κ1) is 24.1. The van der Waals surface area contributed by atoms with E-state index in [9.17, 15) is 22.4 Å². The van der Waals surface area contributed by atoms with E-state index >= 15 is 0 Å². The number of aromatic nitrogens is 2.